The van der Waals surface area contributed by atoms with Crippen molar-refractivity contribution in [2.24, 2.45) is 0 Å². The highest BCUT2D eigenvalue weighted by Gasteiger charge is 2.14. The van der Waals surface area contributed by atoms with Crippen molar-refractivity contribution in [1.82, 2.24) is 9.78 Å². The standard InChI is InChI=1S/C21H21FN3O4P/c1-2-25-21(16-5-8-18(22)9-6-16)17(13-23-25)7-12-20(26)24-19-10-3-15(4-11-19)14-30(27,28)29/h3-13H,2,14H2,1H3,(H,24,26)(H2,27,28,29)/b12-7+. The number of hydrogen-bond donors (Lipinski definition) is 3. The first kappa shape index (κ1) is 21.6. The number of halogens is 1. The largest absolute Gasteiger partial charge is 0.329 e. The van der Waals surface area contributed by atoms with Crippen molar-refractivity contribution in [3.05, 3.63) is 77.7 Å². The van der Waals surface area contributed by atoms with Gasteiger partial charge in [0.25, 0.3) is 0 Å². The van der Waals surface area contributed by atoms with Crippen LogP contribution >= 0.6 is 7.60 Å². The highest BCUT2D eigenvalue weighted by molar-refractivity contribution is 7.50. The van der Waals surface area contributed by atoms with Crippen LogP contribution in [-0.4, -0.2) is 25.5 Å². The highest BCUT2D eigenvalue weighted by atomic mass is 31.2. The lowest BCUT2D eigenvalue weighted by molar-refractivity contribution is -0.111. The molecule has 3 aromatic rings. The van der Waals surface area contributed by atoms with E-state index in [1.165, 1.54) is 18.2 Å². The molecule has 0 aliphatic heterocycles. The SMILES string of the molecule is CCn1ncc(/C=C/C(=O)Nc2ccc(CP(=O)(O)O)cc2)c1-c1ccc(F)cc1. The number of hydrogen-bond acceptors (Lipinski definition) is 3. The zero-order chi connectivity index (χ0) is 21.7. The first-order valence-electron chi connectivity index (χ1n) is 9.19. The average molecular weight is 429 g/mol. The minimum Gasteiger partial charge on any atom is -0.324 e. The quantitative estimate of drug-likeness (QED) is 0.388. The van der Waals surface area contributed by atoms with Gasteiger partial charge in [-0.3, -0.25) is 14.0 Å². The van der Waals surface area contributed by atoms with Gasteiger partial charge in [0.15, 0.2) is 0 Å². The second kappa shape index (κ2) is 9.17. The molecule has 156 valence electrons. The van der Waals surface area contributed by atoms with Gasteiger partial charge < -0.3 is 15.1 Å². The molecule has 3 rings (SSSR count). The van der Waals surface area contributed by atoms with Gasteiger partial charge >= 0.3 is 7.60 Å². The molecule has 30 heavy (non-hydrogen) atoms. The van der Waals surface area contributed by atoms with Gasteiger partial charge in [0, 0.05) is 29.4 Å². The average Bonchev–Trinajstić information content (AvgIpc) is 3.10. The second-order valence-corrected chi connectivity index (χ2v) is 8.26. The van der Waals surface area contributed by atoms with Crippen LogP contribution in [0.25, 0.3) is 17.3 Å². The molecule has 0 fully saturated rings. The minimum absolute atomic E-state index is 0.329. The molecule has 1 heterocycles. The van der Waals surface area contributed by atoms with Crippen LogP contribution in [0, 0.1) is 5.82 Å². The molecule has 7 nitrogen and oxygen atoms in total. The van der Waals surface area contributed by atoms with Crippen LogP contribution in [0.4, 0.5) is 10.1 Å². The third-order valence-electron chi connectivity index (χ3n) is 4.31. The van der Waals surface area contributed by atoms with Gasteiger partial charge in [-0.2, -0.15) is 5.10 Å². The van der Waals surface area contributed by atoms with Crippen molar-refractivity contribution in [3.8, 4) is 11.3 Å². The molecular weight excluding hydrogens is 408 g/mol. The molecule has 0 atom stereocenters. The second-order valence-electron chi connectivity index (χ2n) is 6.61. The van der Waals surface area contributed by atoms with Gasteiger partial charge in [-0.15, -0.1) is 0 Å². The van der Waals surface area contributed by atoms with Crippen LogP contribution < -0.4 is 5.32 Å². The molecule has 0 saturated carbocycles. The summed E-state index contributed by atoms with van der Waals surface area (Å²) in [4.78, 5) is 30.3. The molecule has 0 aliphatic carbocycles. The van der Waals surface area contributed by atoms with Crippen molar-refractivity contribution in [1.29, 1.82) is 0 Å². The molecule has 9 heteroatoms. The van der Waals surface area contributed by atoms with Crippen molar-refractivity contribution in [2.45, 2.75) is 19.6 Å². The lowest BCUT2D eigenvalue weighted by Crippen LogP contribution is -2.07. The Hall–Kier alpha value is -3.06. The van der Waals surface area contributed by atoms with E-state index in [1.807, 2.05) is 6.92 Å². The number of benzene rings is 2. The summed E-state index contributed by atoms with van der Waals surface area (Å²) in [6.07, 6.45) is 4.29. The predicted octanol–water partition coefficient (Wildman–Crippen LogP) is 4.04. The Morgan fingerprint density at radius 2 is 1.83 bits per heavy atom. The molecule has 0 unspecified atom stereocenters. The first-order valence-corrected chi connectivity index (χ1v) is 11.0. The minimum atomic E-state index is -4.14. The van der Waals surface area contributed by atoms with Crippen LogP contribution in [-0.2, 0) is 22.1 Å². The number of nitrogens with zero attached hydrogens (tertiary/aromatic N) is 2. The predicted molar refractivity (Wildman–Crippen MR) is 113 cm³/mol. The maximum Gasteiger partial charge on any atom is 0.329 e. The molecular formula is C21H21FN3O4P. The van der Waals surface area contributed by atoms with E-state index in [1.54, 1.807) is 53.4 Å². The van der Waals surface area contributed by atoms with Crippen molar-refractivity contribution >= 4 is 25.3 Å². The number of carbonyl (C=O) groups excluding carboxylic acids is 1. The topological polar surface area (TPSA) is 104 Å². The summed E-state index contributed by atoms with van der Waals surface area (Å²) in [5.74, 6) is -0.698. The van der Waals surface area contributed by atoms with E-state index in [4.69, 9.17) is 9.79 Å². The summed E-state index contributed by atoms with van der Waals surface area (Å²) < 4.78 is 26.1. The van der Waals surface area contributed by atoms with Crippen LogP contribution in [0.1, 0.15) is 18.1 Å². The van der Waals surface area contributed by atoms with E-state index in [0.717, 1.165) is 16.8 Å². The van der Waals surface area contributed by atoms with Crippen molar-refractivity contribution < 1.29 is 23.5 Å². The molecule has 0 aliphatic rings. The Kier molecular flexibility index (Phi) is 6.62. The van der Waals surface area contributed by atoms with Crippen molar-refractivity contribution in [3.63, 3.8) is 0 Å². The first-order chi connectivity index (χ1) is 14.2. The smallest absolute Gasteiger partial charge is 0.324 e. The number of carbonyl (C=O) groups is 1. The summed E-state index contributed by atoms with van der Waals surface area (Å²) in [6, 6.07) is 12.3. The Balaban J connectivity index is 1.73. The third-order valence-corrected chi connectivity index (χ3v) is 5.09. The van der Waals surface area contributed by atoms with Crippen LogP contribution in [0.2, 0.25) is 0 Å². The number of anilines is 1. The van der Waals surface area contributed by atoms with E-state index in [-0.39, 0.29) is 17.9 Å². The lowest BCUT2D eigenvalue weighted by atomic mass is 10.1. The fourth-order valence-electron chi connectivity index (χ4n) is 2.97. The molecule has 2 aromatic carbocycles. The number of nitrogens with one attached hydrogen (secondary N) is 1. The van der Waals surface area contributed by atoms with Gasteiger partial charge in [0.2, 0.25) is 5.91 Å². The summed E-state index contributed by atoms with van der Waals surface area (Å²) in [5, 5.41) is 7.00. The van der Waals surface area contributed by atoms with Crippen LogP contribution in [0.3, 0.4) is 0 Å². The Labute approximate surface area is 173 Å². The van der Waals surface area contributed by atoms with E-state index in [0.29, 0.717) is 17.8 Å². The number of aryl methyl sites for hydroxylation is 1. The third kappa shape index (κ3) is 5.73. The summed E-state index contributed by atoms with van der Waals surface area (Å²) in [6.45, 7) is 2.56. The molecule has 0 radical (unpaired) electrons. The zero-order valence-electron chi connectivity index (χ0n) is 16.2. The maximum absolute atomic E-state index is 13.3. The van der Waals surface area contributed by atoms with E-state index in [2.05, 4.69) is 10.4 Å². The normalized spacial score (nSPS) is 11.7. The number of aromatic nitrogens is 2. The van der Waals surface area contributed by atoms with Gasteiger partial charge in [0.1, 0.15) is 5.82 Å². The molecule has 0 spiro atoms. The maximum atomic E-state index is 13.3. The van der Waals surface area contributed by atoms with Gasteiger partial charge in [-0.1, -0.05) is 12.1 Å². The zero-order valence-corrected chi connectivity index (χ0v) is 17.1. The lowest BCUT2D eigenvalue weighted by Gasteiger charge is -2.07. The van der Waals surface area contributed by atoms with E-state index in [9.17, 15) is 13.8 Å². The summed E-state index contributed by atoms with van der Waals surface area (Å²) >= 11 is 0. The fourth-order valence-corrected chi connectivity index (χ4v) is 3.65. The molecule has 1 aromatic heterocycles. The summed E-state index contributed by atoms with van der Waals surface area (Å²) in [5.41, 5.74) is 3.27. The van der Waals surface area contributed by atoms with Gasteiger partial charge in [-0.05, 0) is 55.0 Å². The monoisotopic (exact) mass is 429 g/mol. The number of rotatable bonds is 7. The highest BCUT2D eigenvalue weighted by Crippen LogP contribution is 2.39. The van der Waals surface area contributed by atoms with E-state index >= 15 is 0 Å². The Morgan fingerprint density at radius 1 is 1.17 bits per heavy atom. The van der Waals surface area contributed by atoms with E-state index < -0.39 is 7.60 Å². The number of amides is 1. The Bertz CT molecular complexity index is 1100. The Morgan fingerprint density at radius 3 is 2.43 bits per heavy atom. The fraction of sp³-hybridized carbons (Fsp3) is 0.143. The van der Waals surface area contributed by atoms with Crippen LogP contribution in [0.15, 0.2) is 60.8 Å². The molecule has 0 saturated heterocycles. The van der Waals surface area contributed by atoms with Gasteiger partial charge in [-0.25, -0.2) is 4.39 Å². The molecule has 1 amide bonds. The summed E-state index contributed by atoms with van der Waals surface area (Å²) in [7, 11) is -4.14. The van der Waals surface area contributed by atoms with Gasteiger partial charge in [0.05, 0.1) is 18.1 Å². The van der Waals surface area contributed by atoms with Crippen LogP contribution in [0.5, 0.6) is 0 Å². The molecule has 0 bridgehead atoms. The van der Waals surface area contributed by atoms with Crippen molar-refractivity contribution in [2.75, 3.05) is 5.32 Å². The molecule has 3 N–H and O–H groups in total.